The molecule has 1 saturated heterocycles. The van der Waals surface area contributed by atoms with Crippen molar-refractivity contribution < 1.29 is 14.4 Å². The van der Waals surface area contributed by atoms with E-state index in [1.54, 1.807) is 53.0 Å². The number of carbonyl (C=O) groups excluding carboxylic acids is 3. The maximum atomic E-state index is 12.9. The molecule has 1 aromatic carbocycles. The molecule has 3 amide bonds. The zero-order valence-electron chi connectivity index (χ0n) is 14.7. The fourth-order valence-corrected chi connectivity index (χ4v) is 3.89. The highest BCUT2D eigenvalue weighted by Gasteiger charge is 2.40. The van der Waals surface area contributed by atoms with Crippen molar-refractivity contribution in [1.29, 1.82) is 0 Å². The molecule has 2 aliphatic heterocycles. The van der Waals surface area contributed by atoms with E-state index in [4.69, 9.17) is 11.6 Å². The van der Waals surface area contributed by atoms with Gasteiger partial charge in [-0.2, -0.15) is 0 Å². The lowest BCUT2D eigenvalue weighted by atomic mass is 9.96. The Morgan fingerprint density at radius 3 is 2.85 bits per heavy atom. The second-order valence-corrected chi connectivity index (χ2v) is 7.33. The molecule has 0 unspecified atom stereocenters. The average Bonchev–Trinajstić information content (AvgIpc) is 3.03. The second kappa shape index (κ2) is 6.74. The Morgan fingerprint density at radius 2 is 2.11 bits per heavy atom. The lowest BCUT2D eigenvalue weighted by Crippen LogP contribution is -2.55. The van der Waals surface area contributed by atoms with Gasteiger partial charge in [-0.05, 0) is 43.2 Å². The van der Waals surface area contributed by atoms with Gasteiger partial charge in [0.15, 0.2) is 0 Å². The molecule has 1 fully saturated rings. The summed E-state index contributed by atoms with van der Waals surface area (Å²) in [5.74, 6) is -0.643. The third-order valence-electron chi connectivity index (χ3n) is 5.15. The van der Waals surface area contributed by atoms with Crippen LogP contribution in [0.1, 0.15) is 33.7 Å². The van der Waals surface area contributed by atoms with Gasteiger partial charge in [0.1, 0.15) is 11.7 Å². The van der Waals surface area contributed by atoms with Crippen LogP contribution < -0.4 is 10.6 Å². The summed E-state index contributed by atoms with van der Waals surface area (Å²) >= 11 is 5.99. The molecule has 2 N–H and O–H groups in total. The standard InChI is InChI=1S/C19H19ClN4O3/c1-23-7-2-3-15(23)17(25)21-12-6-8-24-16(10-12)18(26)22-14-9-11(20)4-5-13(14)19(24)27/h2-5,7,9,12,16H,6,8,10H2,1H3,(H,21,25)(H,22,26)/t12-,16+/m1/s1. The molecule has 2 atom stereocenters. The average molecular weight is 387 g/mol. The molecule has 1 aromatic heterocycles. The highest BCUT2D eigenvalue weighted by atomic mass is 35.5. The molecule has 2 aliphatic rings. The van der Waals surface area contributed by atoms with E-state index in [-0.39, 0.29) is 23.8 Å². The van der Waals surface area contributed by atoms with Crippen molar-refractivity contribution in [1.82, 2.24) is 14.8 Å². The molecule has 27 heavy (non-hydrogen) atoms. The fraction of sp³-hybridized carbons (Fsp3) is 0.316. The predicted octanol–water partition coefficient (Wildman–Crippen LogP) is 2.03. The van der Waals surface area contributed by atoms with Crippen molar-refractivity contribution in [2.45, 2.75) is 24.9 Å². The zero-order valence-corrected chi connectivity index (χ0v) is 15.5. The number of rotatable bonds is 2. The highest BCUT2D eigenvalue weighted by Crippen LogP contribution is 2.30. The summed E-state index contributed by atoms with van der Waals surface area (Å²) < 4.78 is 1.74. The molecule has 0 radical (unpaired) electrons. The number of anilines is 1. The Kier molecular flexibility index (Phi) is 4.39. The van der Waals surface area contributed by atoms with Crippen molar-refractivity contribution in [2.75, 3.05) is 11.9 Å². The first-order chi connectivity index (χ1) is 12.9. The number of hydrogen-bond acceptors (Lipinski definition) is 3. The van der Waals surface area contributed by atoms with Crippen molar-refractivity contribution in [3.05, 3.63) is 52.8 Å². The van der Waals surface area contributed by atoms with Gasteiger partial charge in [0, 0.05) is 30.9 Å². The predicted molar refractivity (Wildman–Crippen MR) is 101 cm³/mol. The third-order valence-corrected chi connectivity index (χ3v) is 5.38. The monoisotopic (exact) mass is 386 g/mol. The fourth-order valence-electron chi connectivity index (χ4n) is 3.72. The van der Waals surface area contributed by atoms with Crippen molar-refractivity contribution >= 4 is 35.0 Å². The molecular weight excluding hydrogens is 368 g/mol. The maximum Gasteiger partial charge on any atom is 0.268 e. The molecule has 3 heterocycles. The molecule has 4 rings (SSSR count). The summed E-state index contributed by atoms with van der Waals surface area (Å²) in [4.78, 5) is 39.6. The van der Waals surface area contributed by atoms with Crippen LogP contribution in [0.3, 0.4) is 0 Å². The van der Waals surface area contributed by atoms with Crippen LogP contribution in [0.15, 0.2) is 36.5 Å². The van der Waals surface area contributed by atoms with Gasteiger partial charge in [0.05, 0.1) is 11.3 Å². The highest BCUT2D eigenvalue weighted by molar-refractivity contribution is 6.31. The van der Waals surface area contributed by atoms with Crippen molar-refractivity contribution in [3.63, 3.8) is 0 Å². The number of benzene rings is 1. The Morgan fingerprint density at radius 1 is 1.30 bits per heavy atom. The van der Waals surface area contributed by atoms with Gasteiger partial charge in [0.25, 0.3) is 11.8 Å². The minimum absolute atomic E-state index is 0.183. The Bertz CT molecular complexity index is 939. The van der Waals surface area contributed by atoms with Crippen LogP contribution in [0.5, 0.6) is 0 Å². The second-order valence-electron chi connectivity index (χ2n) is 6.89. The molecule has 0 saturated carbocycles. The van der Waals surface area contributed by atoms with E-state index in [9.17, 15) is 14.4 Å². The van der Waals surface area contributed by atoms with E-state index < -0.39 is 6.04 Å². The van der Waals surface area contributed by atoms with Crippen molar-refractivity contribution in [2.24, 2.45) is 7.05 Å². The van der Waals surface area contributed by atoms with Crippen LogP contribution in [0, 0.1) is 0 Å². The number of nitrogens with one attached hydrogen (secondary N) is 2. The number of fused-ring (bicyclic) bond motifs is 2. The van der Waals surface area contributed by atoms with Gasteiger partial charge < -0.3 is 20.1 Å². The van der Waals surface area contributed by atoms with E-state index >= 15 is 0 Å². The Balaban J connectivity index is 1.53. The van der Waals surface area contributed by atoms with E-state index in [2.05, 4.69) is 10.6 Å². The van der Waals surface area contributed by atoms with Gasteiger partial charge in [0.2, 0.25) is 5.91 Å². The van der Waals surface area contributed by atoms with Crippen LogP contribution in [0.2, 0.25) is 5.02 Å². The molecule has 8 heteroatoms. The number of piperidine rings is 1. The van der Waals surface area contributed by atoms with E-state index in [0.717, 1.165) is 0 Å². The number of amides is 3. The van der Waals surface area contributed by atoms with Gasteiger partial charge in [-0.15, -0.1) is 0 Å². The molecule has 0 spiro atoms. The molecule has 140 valence electrons. The largest absolute Gasteiger partial charge is 0.348 e. The minimum Gasteiger partial charge on any atom is -0.348 e. The smallest absolute Gasteiger partial charge is 0.268 e. The SMILES string of the molecule is Cn1cccc1C(=O)N[C@@H]1CCN2C(=O)c3ccc(Cl)cc3NC(=O)[C@@H]2C1. The van der Waals surface area contributed by atoms with E-state index in [1.807, 2.05) is 0 Å². The minimum atomic E-state index is -0.629. The topological polar surface area (TPSA) is 83.4 Å². The first-order valence-corrected chi connectivity index (χ1v) is 9.15. The van der Waals surface area contributed by atoms with Gasteiger partial charge in [-0.3, -0.25) is 14.4 Å². The van der Waals surface area contributed by atoms with Gasteiger partial charge in [-0.1, -0.05) is 11.6 Å². The number of aryl methyl sites for hydroxylation is 1. The normalized spacial score (nSPS) is 21.8. The number of hydrogen-bond donors (Lipinski definition) is 2. The maximum absolute atomic E-state index is 12.9. The van der Waals surface area contributed by atoms with Gasteiger partial charge >= 0.3 is 0 Å². The molecular formula is C19H19ClN4O3. The number of nitrogens with zero attached hydrogens (tertiary/aromatic N) is 2. The lowest BCUT2D eigenvalue weighted by Gasteiger charge is -2.37. The molecule has 0 bridgehead atoms. The summed E-state index contributed by atoms with van der Waals surface area (Å²) in [6, 6.07) is 7.58. The quantitative estimate of drug-likeness (QED) is 0.828. The van der Waals surface area contributed by atoms with E-state index in [0.29, 0.717) is 41.4 Å². The summed E-state index contributed by atoms with van der Waals surface area (Å²) in [6.07, 6.45) is 2.77. The third kappa shape index (κ3) is 3.19. The number of carbonyl (C=O) groups is 3. The number of aromatic nitrogens is 1. The summed E-state index contributed by atoms with van der Waals surface area (Å²) in [7, 11) is 1.80. The Hall–Kier alpha value is -2.80. The summed E-state index contributed by atoms with van der Waals surface area (Å²) in [6.45, 7) is 0.400. The first kappa shape index (κ1) is 17.6. The van der Waals surface area contributed by atoms with E-state index in [1.165, 1.54) is 0 Å². The molecule has 7 nitrogen and oxygen atoms in total. The van der Waals surface area contributed by atoms with Crippen molar-refractivity contribution in [3.8, 4) is 0 Å². The van der Waals surface area contributed by atoms with Crippen LogP contribution in [-0.2, 0) is 11.8 Å². The van der Waals surface area contributed by atoms with Crippen LogP contribution >= 0.6 is 11.6 Å². The first-order valence-electron chi connectivity index (χ1n) is 8.77. The molecule has 2 aromatic rings. The zero-order chi connectivity index (χ0) is 19.1. The lowest BCUT2D eigenvalue weighted by molar-refractivity contribution is -0.121. The Labute approximate surface area is 161 Å². The number of halogens is 1. The van der Waals surface area contributed by atoms with Crippen LogP contribution in [0.25, 0.3) is 0 Å². The molecule has 0 aliphatic carbocycles. The van der Waals surface area contributed by atoms with Crippen LogP contribution in [-0.4, -0.2) is 45.8 Å². The van der Waals surface area contributed by atoms with Gasteiger partial charge in [-0.25, -0.2) is 0 Å². The summed E-state index contributed by atoms with van der Waals surface area (Å²) in [5.41, 5.74) is 1.42. The van der Waals surface area contributed by atoms with Crippen LogP contribution in [0.4, 0.5) is 5.69 Å². The summed E-state index contributed by atoms with van der Waals surface area (Å²) in [5, 5.41) is 6.24.